The quantitative estimate of drug-likeness (QED) is 0.609. The zero-order valence-corrected chi connectivity index (χ0v) is 17.4. The van der Waals surface area contributed by atoms with Crippen molar-refractivity contribution in [2.45, 2.75) is 39.7 Å². The lowest BCUT2D eigenvalue weighted by atomic mass is 10.0. The number of aromatic nitrogens is 1. The van der Waals surface area contributed by atoms with Gasteiger partial charge in [0.05, 0.1) is 18.2 Å². The molecule has 1 aliphatic rings. The number of guanidine groups is 1. The SMILES string of the molecule is CCNC(=NCCc1ncc(CC)s1)N1CCOC(c2ccccc2C)C1. The van der Waals surface area contributed by atoms with Crippen LogP contribution in [-0.2, 0) is 17.6 Å². The topological polar surface area (TPSA) is 49.8 Å². The number of morpholine rings is 1. The average Bonchev–Trinajstić information content (AvgIpc) is 3.16. The molecule has 0 saturated carbocycles. The van der Waals surface area contributed by atoms with Gasteiger partial charge in [0.15, 0.2) is 5.96 Å². The summed E-state index contributed by atoms with van der Waals surface area (Å²) in [6.07, 6.45) is 4.03. The molecule has 1 unspecified atom stereocenters. The van der Waals surface area contributed by atoms with E-state index in [-0.39, 0.29) is 6.10 Å². The molecule has 2 heterocycles. The summed E-state index contributed by atoms with van der Waals surface area (Å²) < 4.78 is 6.06. The van der Waals surface area contributed by atoms with E-state index in [1.54, 1.807) is 11.3 Å². The van der Waals surface area contributed by atoms with Crippen LogP contribution < -0.4 is 5.32 Å². The second kappa shape index (κ2) is 9.85. The fourth-order valence-electron chi connectivity index (χ4n) is 3.29. The Morgan fingerprint density at radius 3 is 2.96 bits per heavy atom. The number of rotatable bonds is 6. The van der Waals surface area contributed by atoms with E-state index in [4.69, 9.17) is 9.73 Å². The molecular formula is C21H30N4OS. The van der Waals surface area contributed by atoms with Gasteiger partial charge in [-0.15, -0.1) is 11.3 Å². The number of nitrogens with zero attached hydrogens (tertiary/aromatic N) is 3. The van der Waals surface area contributed by atoms with E-state index in [0.29, 0.717) is 0 Å². The first-order chi connectivity index (χ1) is 13.2. The molecule has 5 nitrogen and oxygen atoms in total. The van der Waals surface area contributed by atoms with Crippen molar-refractivity contribution in [2.75, 3.05) is 32.8 Å². The standard InChI is InChI=1S/C21H30N4OS/c1-4-17-14-24-20(27-17)10-11-23-21(22-5-2)25-12-13-26-19(15-25)18-9-7-6-8-16(18)3/h6-9,14,19H,4-5,10-13,15H2,1-3H3,(H,22,23). The Bertz CT molecular complexity index is 758. The van der Waals surface area contributed by atoms with Crippen LogP contribution in [0.4, 0.5) is 0 Å². The summed E-state index contributed by atoms with van der Waals surface area (Å²) in [6, 6.07) is 8.48. The predicted molar refractivity (Wildman–Crippen MR) is 113 cm³/mol. The molecule has 1 aliphatic heterocycles. The normalized spacial score (nSPS) is 18.0. The van der Waals surface area contributed by atoms with Gasteiger partial charge >= 0.3 is 0 Å². The second-order valence-corrected chi connectivity index (χ2v) is 7.92. The van der Waals surface area contributed by atoms with Gasteiger partial charge in [-0.25, -0.2) is 4.98 Å². The molecule has 3 rings (SSSR count). The largest absolute Gasteiger partial charge is 0.370 e. The first-order valence-electron chi connectivity index (χ1n) is 9.85. The fraction of sp³-hybridized carbons (Fsp3) is 0.524. The summed E-state index contributed by atoms with van der Waals surface area (Å²) in [7, 11) is 0. The van der Waals surface area contributed by atoms with E-state index in [1.807, 2.05) is 6.20 Å². The molecule has 0 bridgehead atoms. The van der Waals surface area contributed by atoms with E-state index in [1.165, 1.54) is 21.0 Å². The Balaban J connectivity index is 1.65. The van der Waals surface area contributed by atoms with Crippen molar-refractivity contribution in [1.29, 1.82) is 0 Å². The Morgan fingerprint density at radius 2 is 2.22 bits per heavy atom. The third kappa shape index (κ3) is 5.30. The highest BCUT2D eigenvalue weighted by molar-refractivity contribution is 7.11. The highest BCUT2D eigenvalue weighted by Gasteiger charge is 2.25. The average molecular weight is 387 g/mol. The number of thiazole rings is 1. The molecule has 27 heavy (non-hydrogen) atoms. The molecule has 0 radical (unpaired) electrons. The summed E-state index contributed by atoms with van der Waals surface area (Å²) in [6.45, 7) is 10.5. The molecular weight excluding hydrogens is 356 g/mol. The summed E-state index contributed by atoms with van der Waals surface area (Å²) in [5, 5.41) is 4.62. The van der Waals surface area contributed by atoms with Gasteiger partial charge in [0.1, 0.15) is 6.10 Å². The van der Waals surface area contributed by atoms with Gasteiger partial charge in [0.25, 0.3) is 0 Å². The minimum Gasteiger partial charge on any atom is -0.370 e. The highest BCUT2D eigenvalue weighted by atomic mass is 32.1. The minimum absolute atomic E-state index is 0.0925. The highest BCUT2D eigenvalue weighted by Crippen LogP contribution is 2.25. The predicted octanol–water partition coefficient (Wildman–Crippen LogP) is 3.60. The van der Waals surface area contributed by atoms with Crippen LogP contribution >= 0.6 is 11.3 Å². The number of ether oxygens (including phenoxy) is 1. The Kier molecular flexibility index (Phi) is 7.24. The second-order valence-electron chi connectivity index (χ2n) is 6.72. The molecule has 0 aliphatic carbocycles. The summed E-state index contributed by atoms with van der Waals surface area (Å²) in [5.41, 5.74) is 2.55. The Hall–Kier alpha value is -1.92. The van der Waals surface area contributed by atoms with Crippen LogP contribution in [0, 0.1) is 6.92 Å². The maximum Gasteiger partial charge on any atom is 0.194 e. The number of aliphatic imine (C=N–C) groups is 1. The molecule has 0 amide bonds. The summed E-state index contributed by atoms with van der Waals surface area (Å²) in [4.78, 5) is 13.0. The summed E-state index contributed by atoms with van der Waals surface area (Å²) in [5.74, 6) is 0.978. The number of hydrogen-bond acceptors (Lipinski definition) is 4. The zero-order chi connectivity index (χ0) is 19.1. The molecule has 1 N–H and O–H groups in total. The first kappa shape index (κ1) is 19.8. The van der Waals surface area contributed by atoms with E-state index >= 15 is 0 Å². The van der Waals surface area contributed by atoms with Gasteiger partial charge in [-0.3, -0.25) is 4.99 Å². The van der Waals surface area contributed by atoms with Crippen molar-refractivity contribution in [3.8, 4) is 0 Å². The lowest BCUT2D eigenvalue weighted by Crippen LogP contribution is -2.48. The van der Waals surface area contributed by atoms with E-state index < -0.39 is 0 Å². The van der Waals surface area contributed by atoms with Crippen LogP contribution in [0.3, 0.4) is 0 Å². The molecule has 2 aromatic rings. The minimum atomic E-state index is 0.0925. The van der Waals surface area contributed by atoms with Gasteiger partial charge in [-0.05, 0) is 31.4 Å². The number of nitrogens with one attached hydrogen (secondary N) is 1. The molecule has 1 saturated heterocycles. The molecule has 1 aromatic carbocycles. The number of benzene rings is 1. The monoisotopic (exact) mass is 386 g/mol. The van der Waals surface area contributed by atoms with Gasteiger partial charge in [-0.2, -0.15) is 0 Å². The van der Waals surface area contributed by atoms with Crippen molar-refractivity contribution < 1.29 is 4.74 Å². The lowest BCUT2D eigenvalue weighted by molar-refractivity contribution is -0.00832. The van der Waals surface area contributed by atoms with Crippen molar-refractivity contribution in [3.05, 3.63) is 51.5 Å². The van der Waals surface area contributed by atoms with Crippen LogP contribution in [0.15, 0.2) is 35.5 Å². The Labute approximate surface area is 166 Å². The molecule has 0 spiro atoms. The first-order valence-corrected chi connectivity index (χ1v) is 10.7. The maximum absolute atomic E-state index is 6.06. The van der Waals surface area contributed by atoms with Crippen LogP contribution in [0.2, 0.25) is 0 Å². The van der Waals surface area contributed by atoms with Crippen LogP contribution in [-0.4, -0.2) is 48.6 Å². The van der Waals surface area contributed by atoms with Crippen LogP contribution in [0.25, 0.3) is 0 Å². The van der Waals surface area contributed by atoms with Crippen LogP contribution in [0.1, 0.15) is 41.0 Å². The van der Waals surface area contributed by atoms with Crippen molar-refractivity contribution >= 4 is 17.3 Å². The molecule has 1 fully saturated rings. The molecule has 1 aromatic heterocycles. The van der Waals surface area contributed by atoms with Gasteiger partial charge in [0, 0.05) is 37.1 Å². The van der Waals surface area contributed by atoms with E-state index in [2.05, 4.69) is 60.2 Å². The number of aryl methyl sites for hydroxylation is 2. The van der Waals surface area contributed by atoms with Gasteiger partial charge in [0.2, 0.25) is 0 Å². The van der Waals surface area contributed by atoms with Crippen molar-refractivity contribution in [2.24, 2.45) is 4.99 Å². The maximum atomic E-state index is 6.06. The molecule has 6 heteroatoms. The number of hydrogen-bond donors (Lipinski definition) is 1. The molecule has 146 valence electrons. The lowest BCUT2D eigenvalue weighted by Gasteiger charge is -2.35. The van der Waals surface area contributed by atoms with Crippen molar-refractivity contribution in [3.63, 3.8) is 0 Å². The van der Waals surface area contributed by atoms with E-state index in [0.717, 1.165) is 51.6 Å². The van der Waals surface area contributed by atoms with Crippen molar-refractivity contribution in [1.82, 2.24) is 15.2 Å². The molecule has 1 atom stereocenters. The fourth-order valence-corrected chi connectivity index (χ4v) is 4.14. The zero-order valence-electron chi connectivity index (χ0n) is 16.6. The van der Waals surface area contributed by atoms with Gasteiger partial charge < -0.3 is 15.0 Å². The van der Waals surface area contributed by atoms with E-state index in [9.17, 15) is 0 Å². The van der Waals surface area contributed by atoms with Gasteiger partial charge in [-0.1, -0.05) is 31.2 Å². The third-order valence-corrected chi connectivity index (χ3v) is 5.97. The summed E-state index contributed by atoms with van der Waals surface area (Å²) >= 11 is 1.80. The van der Waals surface area contributed by atoms with Crippen LogP contribution in [0.5, 0.6) is 0 Å². The third-order valence-electron chi connectivity index (χ3n) is 4.77. The smallest absolute Gasteiger partial charge is 0.194 e. The Morgan fingerprint density at radius 1 is 1.37 bits per heavy atom.